The summed E-state index contributed by atoms with van der Waals surface area (Å²) in [5, 5.41) is 10.0. The van der Waals surface area contributed by atoms with Crippen LogP contribution in [0.15, 0.2) is 24.3 Å². The molecule has 1 amide bonds. The van der Waals surface area contributed by atoms with Crippen molar-refractivity contribution in [2.45, 2.75) is 34.1 Å². The van der Waals surface area contributed by atoms with Crippen molar-refractivity contribution in [1.29, 1.82) is 0 Å². The first kappa shape index (κ1) is 15.2. The molecular weight excluding hydrogens is 264 g/mol. The lowest BCUT2D eigenvalue weighted by atomic mass is 9.96. The van der Waals surface area contributed by atoms with Gasteiger partial charge in [-0.25, -0.2) is 4.98 Å². The molecule has 0 radical (unpaired) electrons. The molecule has 5 heteroatoms. The Morgan fingerprint density at radius 3 is 2.52 bits per heavy atom. The number of aryl methyl sites for hydroxylation is 1. The zero-order chi connectivity index (χ0) is 15.5. The summed E-state index contributed by atoms with van der Waals surface area (Å²) in [6, 6.07) is 8.08. The molecule has 0 aliphatic rings. The lowest BCUT2D eigenvalue weighted by Crippen LogP contribution is -2.36. The third kappa shape index (κ3) is 4.15. The topological polar surface area (TPSA) is 70.7 Å². The van der Waals surface area contributed by atoms with E-state index in [0.29, 0.717) is 18.8 Å². The summed E-state index contributed by atoms with van der Waals surface area (Å²) in [5.41, 5.74) is 1.83. The monoisotopic (exact) mass is 286 g/mol. The van der Waals surface area contributed by atoms with Crippen LogP contribution >= 0.6 is 0 Å². The van der Waals surface area contributed by atoms with Crippen LogP contribution in [0.5, 0.6) is 0 Å². The Labute approximate surface area is 125 Å². The second-order valence-corrected chi connectivity index (χ2v) is 6.23. The number of nitrogens with one attached hydrogen (secondary N) is 2. The van der Waals surface area contributed by atoms with Crippen molar-refractivity contribution < 1.29 is 4.79 Å². The van der Waals surface area contributed by atoms with Crippen molar-refractivity contribution >= 4 is 5.91 Å². The number of aromatic nitrogens is 3. The van der Waals surface area contributed by atoms with Gasteiger partial charge in [-0.15, -0.1) is 0 Å². The van der Waals surface area contributed by atoms with Crippen LogP contribution < -0.4 is 5.32 Å². The maximum atomic E-state index is 11.8. The van der Waals surface area contributed by atoms with Crippen molar-refractivity contribution in [3.8, 4) is 11.4 Å². The third-order valence-electron chi connectivity index (χ3n) is 3.17. The standard InChI is InChI=1S/C16H22N4O/c1-11-5-7-12(8-6-11)14-18-13(19-20-14)9-10-17-15(21)16(2,3)4/h5-8H,9-10H2,1-4H3,(H,17,21)(H,18,19,20). The highest BCUT2D eigenvalue weighted by molar-refractivity contribution is 5.81. The van der Waals surface area contributed by atoms with Gasteiger partial charge in [0.25, 0.3) is 0 Å². The molecule has 112 valence electrons. The molecule has 1 aromatic heterocycles. The number of carbonyl (C=O) groups excluding carboxylic acids is 1. The number of rotatable bonds is 4. The second kappa shape index (κ2) is 6.08. The molecule has 0 aliphatic carbocycles. The fourth-order valence-corrected chi connectivity index (χ4v) is 1.80. The molecule has 1 heterocycles. The first-order valence-electron chi connectivity index (χ1n) is 7.13. The van der Waals surface area contributed by atoms with E-state index in [1.54, 1.807) is 0 Å². The first-order valence-corrected chi connectivity index (χ1v) is 7.13. The minimum atomic E-state index is -0.367. The number of amides is 1. The second-order valence-electron chi connectivity index (χ2n) is 6.23. The van der Waals surface area contributed by atoms with Crippen molar-refractivity contribution in [3.05, 3.63) is 35.7 Å². The molecule has 1 aromatic carbocycles. The van der Waals surface area contributed by atoms with Crippen LogP contribution in [-0.2, 0) is 11.2 Å². The minimum absolute atomic E-state index is 0.0424. The number of aromatic amines is 1. The van der Waals surface area contributed by atoms with E-state index in [2.05, 4.69) is 20.5 Å². The average Bonchev–Trinajstić information content (AvgIpc) is 2.87. The smallest absolute Gasteiger partial charge is 0.225 e. The Bertz CT molecular complexity index is 608. The van der Waals surface area contributed by atoms with E-state index in [-0.39, 0.29) is 11.3 Å². The van der Waals surface area contributed by atoms with Gasteiger partial charge >= 0.3 is 0 Å². The lowest BCUT2D eigenvalue weighted by molar-refractivity contribution is -0.128. The van der Waals surface area contributed by atoms with Crippen LogP contribution in [0, 0.1) is 12.3 Å². The predicted octanol–water partition coefficient (Wildman–Crippen LogP) is 2.48. The predicted molar refractivity (Wildman–Crippen MR) is 82.7 cm³/mol. The summed E-state index contributed by atoms with van der Waals surface area (Å²) in [7, 11) is 0. The van der Waals surface area contributed by atoms with E-state index in [9.17, 15) is 4.79 Å². The van der Waals surface area contributed by atoms with Crippen molar-refractivity contribution in [2.75, 3.05) is 6.54 Å². The van der Waals surface area contributed by atoms with Gasteiger partial charge in [0.05, 0.1) is 0 Å². The van der Waals surface area contributed by atoms with E-state index in [4.69, 9.17) is 0 Å². The van der Waals surface area contributed by atoms with Crippen molar-refractivity contribution in [2.24, 2.45) is 5.41 Å². The van der Waals surface area contributed by atoms with Gasteiger partial charge in [0.2, 0.25) is 5.91 Å². The number of H-pyrrole nitrogens is 1. The van der Waals surface area contributed by atoms with Gasteiger partial charge in [0, 0.05) is 23.9 Å². The third-order valence-corrected chi connectivity index (χ3v) is 3.17. The Kier molecular flexibility index (Phi) is 4.40. The highest BCUT2D eigenvalue weighted by Crippen LogP contribution is 2.15. The van der Waals surface area contributed by atoms with Crippen LogP contribution in [0.3, 0.4) is 0 Å². The average molecular weight is 286 g/mol. The number of nitrogens with zero attached hydrogens (tertiary/aromatic N) is 2. The fourth-order valence-electron chi connectivity index (χ4n) is 1.80. The van der Waals surface area contributed by atoms with E-state index in [1.807, 2.05) is 52.0 Å². The molecule has 0 saturated carbocycles. The molecular formula is C16H22N4O. The van der Waals surface area contributed by atoms with E-state index < -0.39 is 0 Å². The van der Waals surface area contributed by atoms with Gasteiger partial charge in [-0.2, -0.15) is 5.10 Å². The van der Waals surface area contributed by atoms with E-state index >= 15 is 0 Å². The minimum Gasteiger partial charge on any atom is -0.355 e. The number of hydrogen-bond donors (Lipinski definition) is 2. The molecule has 0 fully saturated rings. The molecule has 21 heavy (non-hydrogen) atoms. The molecule has 0 aliphatic heterocycles. The Morgan fingerprint density at radius 2 is 1.90 bits per heavy atom. The van der Waals surface area contributed by atoms with E-state index in [0.717, 1.165) is 11.4 Å². The Morgan fingerprint density at radius 1 is 1.24 bits per heavy atom. The summed E-state index contributed by atoms with van der Waals surface area (Å²) >= 11 is 0. The fraction of sp³-hybridized carbons (Fsp3) is 0.438. The lowest BCUT2D eigenvalue weighted by Gasteiger charge is -2.17. The molecule has 0 spiro atoms. The molecule has 2 rings (SSSR count). The van der Waals surface area contributed by atoms with Crippen LogP contribution in [0.25, 0.3) is 11.4 Å². The molecule has 0 atom stereocenters. The maximum Gasteiger partial charge on any atom is 0.225 e. The van der Waals surface area contributed by atoms with Gasteiger partial charge < -0.3 is 5.32 Å². The van der Waals surface area contributed by atoms with Gasteiger partial charge in [-0.3, -0.25) is 9.89 Å². The summed E-state index contributed by atoms with van der Waals surface area (Å²) in [6.45, 7) is 8.29. The van der Waals surface area contributed by atoms with Gasteiger partial charge in [-0.05, 0) is 6.92 Å². The zero-order valence-electron chi connectivity index (χ0n) is 13.0. The number of hydrogen-bond acceptors (Lipinski definition) is 3. The molecule has 0 saturated heterocycles. The normalized spacial score (nSPS) is 11.4. The molecule has 2 N–H and O–H groups in total. The van der Waals surface area contributed by atoms with Crippen LogP contribution in [0.2, 0.25) is 0 Å². The highest BCUT2D eigenvalue weighted by atomic mass is 16.2. The van der Waals surface area contributed by atoms with Crippen LogP contribution in [0.4, 0.5) is 0 Å². The van der Waals surface area contributed by atoms with Crippen LogP contribution in [-0.4, -0.2) is 27.6 Å². The van der Waals surface area contributed by atoms with Gasteiger partial charge in [0.15, 0.2) is 5.82 Å². The number of carbonyl (C=O) groups is 1. The largest absolute Gasteiger partial charge is 0.355 e. The SMILES string of the molecule is Cc1ccc(-c2n[nH]c(CCNC(=O)C(C)(C)C)n2)cc1. The summed E-state index contributed by atoms with van der Waals surface area (Å²) < 4.78 is 0. The summed E-state index contributed by atoms with van der Waals surface area (Å²) in [6.07, 6.45) is 0.640. The van der Waals surface area contributed by atoms with E-state index in [1.165, 1.54) is 5.56 Å². The first-order chi connectivity index (χ1) is 9.86. The Hall–Kier alpha value is -2.17. The molecule has 2 aromatic rings. The summed E-state index contributed by atoms with van der Waals surface area (Å²) in [4.78, 5) is 16.2. The van der Waals surface area contributed by atoms with Gasteiger partial charge in [0.1, 0.15) is 5.82 Å². The summed E-state index contributed by atoms with van der Waals surface area (Å²) in [5.74, 6) is 1.51. The quantitative estimate of drug-likeness (QED) is 0.907. The van der Waals surface area contributed by atoms with Crippen LogP contribution in [0.1, 0.15) is 32.2 Å². The zero-order valence-corrected chi connectivity index (χ0v) is 13.0. The van der Waals surface area contributed by atoms with Crippen molar-refractivity contribution in [1.82, 2.24) is 20.5 Å². The molecule has 0 bridgehead atoms. The highest BCUT2D eigenvalue weighted by Gasteiger charge is 2.20. The van der Waals surface area contributed by atoms with Crippen molar-refractivity contribution in [3.63, 3.8) is 0 Å². The Balaban J connectivity index is 1.92. The molecule has 0 unspecified atom stereocenters. The number of benzene rings is 1. The maximum absolute atomic E-state index is 11.8. The molecule has 5 nitrogen and oxygen atoms in total. The van der Waals surface area contributed by atoms with Gasteiger partial charge in [-0.1, -0.05) is 50.6 Å².